The Morgan fingerprint density at radius 1 is 1.38 bits per heavy atom. The molecule has 0 saturated heterocycles. The number of nitrogens with zero attached hydrogens (tertiary/aromatic N) is 1. The molecule has 2 aromatic rings. The van der Waals surface area contributed by atoms with Crippen LogP contribution >= 0.6 is 0 Å². The van der Waals surface area contributed by atoms with Gasteiger partial charge in [0.15, 0.2) is 0 Å². The van der Waals surface area contributed by atoms with Crippen molar-refractivity contribution in [2.45, 2.75) is 12.6 Å². The SMILES string of the molecule is O=CCc1ccc2nc(C(F)(F)F)[nH]c2c1. The lowest BCUT2D eigenvalue weighted by atomic mass is 10.1. The number of imidazole rings is 1. The fraction of sp³-hybridized carbons (Fsp3) is 0.200. The Kier molecular flexibility index (Phi) is 2.41. The van der Waals surface area contributed by atoms with E-state index in [1.165, 1.54) is 12.1 Å². The van der Waals surface area contributed by atoms with Crippen molar-refractivity contribution in [3.63, 3.8) is 0 Å². The van der Waals surface area contributed by atoms with E-state index in [1.807, 2.05) is 0 Å². The van der Waals surface area contributed by atoms with Crippen LogP contribution in [0.2, 0.25) is 0 Å². The summed E-state index contributed by atoms with van der Waals surface area (Å²) in [6.45, 7) is 0. The third-order valence-electron chi connectivity index (χ3n) is 2.13. The predicted octanol–water partition coefficient (Wildman–Crippen LogP) is 2.32. The number of hydrogen-bond donors (Lipinski definition) is 1. The molecule has 0 radical (unpaired) electrons. The zero-order valence-electron chi connectivity index (χ0n) is 8.01. The fourth-order valence-corrected chi connectivity index (χ4v) is 1.41. The molecular weight excluding hydrogens is 221 g/mol. The Morgan fingerprint density at radius 3 is 2.75 bits per heavy atom. The first-order chi connectivity index (χ1) is 7.50. The summed E-state index contributed by atoms with van der Waals surface area (Å²) in [5.74, 6) is -1.02. The Bertz CT molecular complexity index is 530. The number of carbonyl (C=O) groups is 1. The second-order valence-corrected chi connectivity index (χ2v) is 3.31. The highest BCUT2D eigenvalue weighted by atomic mass is 19.4. The third-order valence-corrected chi connectivity index (χ3v) is 2.13. The second-order valence-electron chi connectivity index (χ2n) is 3.31. The Labute approximate surface area is 88.3 Å². The first kappa shape index (κ1) is 10.7. The number of alkyl halides is 3. The molecular formula is C10H7F3N2O. The lowest BCUT2D eigenvalue weighted by Crippen LogP contribution is -2.06. The smallest absolute Gasteiger partial charge is 0.334 e. The van der Waals surface area contributed by atoms with E-state index in [2.05, 4.69) is 9.97 Å². The Balaban J connectivity index is 2.50. The van der Waals surface area contributed by atoms with E-state index >= 15 is 0 Å². The van der Waals surface area contributed by atoms with Gasteiger partial charge in [0.25, 0.3) is 0 Å². The molecule has 1 N–H and O–H groups in total. The number of rotatable bonds is 2. The van der Waals surface area contributed by atoms with Crippen molar-refractivity contribution in [1.82, 2.24) is 9.97 Å². The fourth-order valence-electron chi connectivity index (χ4n) is 1.41. The van der Waals surface area contributed by atoms with Crippen LogP contribution in [0.1, 0.15) is 11.4 Å². The zero-order chi connectivity index (χ0) is 11.8. The maximum atomic E-state index is 12.3. The summed E-state index contributed by atoms with van der Waals surface area (Å²) in [4.78, 5) is 15.9. The zero-order valence-corrected chi connectivity index (χ0v) is 8.01. The molecule has 16 heavy (non-hydrogen) atoms. The monoisotopic (exact) mass is 228 g/mol. The van der Waals surface area contributed by atoms with E-state index in [9.17, 15) is 18.0 Å². The summed E-state index contributed by atoms with van der Waals surface area (Å²) in [6.07, 6.45) is -3.61. The van der Waals surface area contributed by atoms with Crippen LogP contribution < -0.4 is 0 Å². The van der Waals surface area contributed by atoms with Gasteiger partial charge in [0.1, 0.15) is 6.29 Å². The van der Waals surface area contributed by atoms with Gasteiger partial charge in [-0.15, -0.1) is 0 Å². The van der Waals surface area contributed by atoms with Crippen LogP contribution in [0, 0.1) is 0 Å². The molecule has 0 aliphatic rings. The van der Waals surface area contributed by atoms with E-state index in [1.54, 1.807) is 6.07 Å². The van der Waals surface area contributed by atoms with Gasteiger partial charge in [-0.3, -0.25) is 0 Å². The lowest BCUT2D eigenvalue weighted by Gasteiger charge is -1.99. The number of fused-ring (bicyclic) bond motifs is 1. The number of benzene rings is 1. The molecule has 1 aromatic carbocycles. The number of halogens is 3. The quantitative estimate of drug-likeness (QED) is 0.802. The van der Waals surface area contributed by atoms with Crippen LogP contribution in [0.3, 0.4) is 0 Å². The largest absolute Gasteiger partial charge is 0.449 e. The highest BCUT2D eigenvalue weighted by Crippen LogP contribution is 2.28. The van der Waals surface area contributed by atoms with Crippen LogP contribution in [-0.4, -0.2) is 16.3 Å². The molecule has 1 aromatic heterocycles. The summed E-state index contributed by atoms with van der Waals surface area (Å²) in [5.41, 5.74) is 1.17. The van der Waals surface area contributed by atoms with Crippen molar-refractivity contribution < 1.29 is 18.0 Å². The van der Waals surface area contributed by atoms with Crippen molar-refractivity contribution in [3.05, 3.63) is 29.6 Å². The van der Waals surface area contributed by atoms with E-state index in [0.29, 0.717) is 11.8 Å². The van der Waals surface area contributed by atoms with Crippen LogP contribution in [0.25, 0.3) is 11.0 Å². The summed E-state index contributed by atoms with van der Waals surface area (Å²) in [5, 5.41) is 0. The van der Waals surface area contributed by atoms with Gasteiger partial charge in [-0.1, -0.05) is 6.07 Å². The maximum absolute atomic E-state index is 12.3. The minimum absolute atomic E-state index is 0.177. The Morgan fingerprint density at radius 2 is 2.12 bits per heavy atom. The summed E-state index contributed by atoms with van der Waals surface area (Å²) >= 11 is 0. The average molecular weight is 228 g/mol. The van der Waals surface area contributed by atoms with Crippen molar-refractivity contribution in [2.75, 3.05) is 0 Å². The number of carbonyl (C=O) groups excluding carboxylic acids is 1. The standard InChI is InChI=1S/C10H7F3N2O/c11-10(12,13)9-14-7-2-1-6(3-4-16)5-8(7)15-9/h1-2,4-5H,3H2,(H,14,15). The van der Waals surface area contributed by atoms with Gasteiger partial charge < -0.3 is 9.78 Å². The molecule has 6 heteroatoms. The van der Waals surface area contributed by atoms with Crippen molar-refractivity contribution in [2.24, 2.45) is 0 Å². The van der Waals surface area contributed by atoms with E-state index in [4.69, 9.17) is 0 Å². The molecule has 0 unspecified atom stereocenters. The van der Waals surface area contributed by atoms with Gasteiger partial charge in [0.2, 0.25) is 5.82 Å². The molecule has 0 aliphatic carbocycles. The molecule has 84 valence electrons. The first-order valence-electron chi connectivity index (χ1n) is 4.50. The number of nitrogens with one attached hydrogen (secondary N) is 1. The van der Waals surface area contributed by atoms with Gasteiger partial charge in [-0.2, -0.15) is 13.2 Å². The minimum Gasteiger partial charge on any atom is -0.334 e. The molecule has 0 aliphatic heterocycles. The van der Waals surface area contributed by atoms with Gasteiger partial charge in [-0.25, -0.2) is 4.98 Å². The van der Waals surface area contributed by atoms with Crippen LogP contribution in [0.5, 0.6) is 0 Å². The molecule has 0 amide bonds. The highest BCUT2D eigenvalue weighted by molar-refractivity contribution is 5.76. The molecule has 0 bridgehead atoms. The number of hydrogen-bond acceptors (Lipinski definition) is 2. The predicted molar refractivity (Wildman–Crippen MR) is 50.9 cm³/mol. The van der Waals surface area contributed by atoms with E-state index < -0.39 is 12.0 Å². The van der Waals surface area contributed by atoms with Crippen molar-refractivity contribution in [3.8, 4) is 0 Å². The van der Waals surface area contributed by atoms with Crippen molar-refractivity contribution >= 4 is 17.3 Å². The Hall–Kier alpha value is -1.85. The van der Waals surface area contributed by atoms with Crippen LogP contribution in [0.15, 0.2) is 18.2 Å². The number of H-pyrrole nitrogens is 1. The van der Waals surface area contributed by atoms with Gasteiger partial charge in [0.05, 0.1) is 11.0 Å². The van der Waals surface area contributed by atoms with E-state index in [-0.39, 0.29) is 17.5 Å². The van der Waals surface area contributed by atoms with Gasteiger partial charge >= 0.3 is 6.18 Å². The van der Waals surface area contributed by atoms with Crippen LogP contribution in [0.4, 0.5) is 13.2 Å². The first-order valence-corrected chi connectivity index (χ1v) is 4.50. The van der Waals surface area contributed by atoms with Crippen LogP contribution in [-0.2, 0) is 17.4 Å². The lowest BCUT2D eigenvalue weighted by molar-refractivity contribution is -0.144. The molecule has 0 saturated carbocycles. The summed E-state index contributed by atoms with van der Waals surface area (Å²) in [7, 11) is 0. The van der Waals surface area contributed by atoms with Gasteiger partial charge in [0, 0.05) is 6.42 Å². The minimum atomic E-state index is -4.48. The third kappa shape index (κ3) is 1.91. The molecule has 0 spiro atoms. The summed E-state index contributed by atoms with van der Waals surface area (Å²) < 4.78 is 37.0. The molecule has 0 atom stereocenters. The molecule has 2 rings (SSSR count). The summed E-state index contributed by atoms with van der Waals surface area (Å²) in [6, 6.07) is 4.53. The highest BCUT2D eigenvalue weighted by Gasteiger charge is 2.34. The molecule has 3 nitrogen and oxygen atoms in total. The average Bonchev–Trinajstić information content (AvgIpc) is 2.60. The molecule has 1 heterocycles. The van der Waals surface area contributed by atoms with Gasteiger partial charge in [-0.05, 0) is 17.7 Å². The van der Waals surface area contributed by atoms with E-state index in [0.717, 1.165) is 0 Å². The number of aldehydes is 1. The van der Waals surface area contributed by atoms with Crippen molar-refractivity contribution in [1.29, 1.82) is 0 Å². The normalized spacial score (nSPS) is 11.9. The molecule has 0 fully saturated rings. The number of aromatic nitrogens is 2. The topological polar surface area (TPSA) is 45.8 Å². The number of aromatic amines is 1. The maximum Gasteiger partial charge on any atom is 0.449 e. The second kappa shape index (κ2) is 3.62.